The third kappa shape index (κ3) is 7.87. The summed E-state index contributed by atoms with van der Waals surface area (Å²) in [5, 5.41) is 15.9. The molecule has 1 aliphatic carbocycles. The molecule has 4 atom stereocenters. The highest BCUT2D eigenvalue weighted by atomic mass is 19.1. The number of halogens is 1. The first kappa shape index (κ1) is 37.6. The molecule has 0 radical (unpaired) electrons. The molecule has 57 heavy (non-hydrogen) atoms. The molecule has 3 amide bonds. The van der Waals surface area contributed by atoms with E-state index in [-0.39, 0.29) is 30.2 Å². The molecule has 13 heteroatoms. The molecule has 0 bridgehead atoms. The monoisotopic (exact) mass is 765 g/mol. The van der Waals surface area contributed by atoms with Crippen LogP contribution in [-0.4, -0.2) is 66.6 Å². The van der Waals surface area contributed by atoms with E-state index in [1.807, 2.05) is 61.0 Å². The summed E-state index contributed by atoms with van der Waals surface area (Å²) in [6.45, 7) is 3.60. The Morgan fingerprint density at radius 1 is 0.947 bits per heavy atom. The van der Waals surface area contributed by atoms with Crippen molar-refractivity contribution in [3.63, 3.8) is 0 Å². The minimum atomic E-state index is -0.910. The summed E-state index contributed by atoms with van der Waals surface area (Å²) in [5.74, 6) is -1.29. The average molecular weight is 766 g/mol. The van der Waals surface area contributed by atoms with Gasteiger partial charge in [0.15, 0.2) is 6.17 Å². The Labute approximate surface area is 331 Å². The molecule has 0 spiro atoms. The Kier molecular flexibility index (Phi) is 10.6. The molecule has 4 unspecified atom stereocenters. The molecule has 0 saturated carbocycles. The van der Waals surface area contributed by atoms with E-state index >= 15 is 4.39 Å². The molecule has 4 N–H and O–H groups in total. The van der Waals surface area contributed by atoms with E-state index in [4.69, 9.17) is 4.99 Å². The molecule has 8 rings (SSSR count). The van der Waals surface area contributed by atoms with Gasteiger partial charge >= 0.3 is 0 Å². The largest absolute Gasteiger partial charge is 0.374 e. The number of nitriles is 1. The van der Waals surface area contributed by atoms with E-state index in [0.29, 0.717) is 43.7 Å². The van der Waals surface area contributed by atoms with E-state index in [2.05, 4.69) is 78.7 Å². The summed E-state index contributed by atoms with van der Waals surface area (Å²) in [4.78, 5) is 47.3. The molecular formula is C44H44FN9O3. The van der Waals surface area contributed by atoms with Gasteiger partial charge in [0.25, 0.3) is 5.91 Å². The average Bonchev–Trinajstić information content (AvgIpc) is 3.24. The van der Waals surface area contributed by atoms with Gasteiger partial charge in [0, 0.05) is 69.0 Å². The van der Waals surface area contributed by atoms with Crippen molar-refractivity contribution >= 4 is 41.0 Å². The summed E-state index contributed by atoms with van der Waals surface area (Å²) < 4.78 is 15.3. The van der Waals surface area contributed by atoms with Crippen LogP contribution < -0.4 is 31.3 Å². The van der Waals surface area contributed by atoms with Crippen LogP contribution in [0.2, 0.25) is 0 Å². The van der Waals surface area contributed by atoms with Crippen LogP contribution in [0, 0.1) is 22.6 Å². The van der Waals surface area contributed by atoms with Gasteiger partial charge in [-0.3, -0.25) is 35.0 Å². The van der Waals surface area contributed by atoms with Crippen molar-refractivity contribution in [2.24, 2.45) is 10.4 Å². The highest BCUT2D eigenvalue weighted by molar-refractivity contribution is 6.01. The van der Waals surface area contributed by atoms with Gasteiger partial charge in [0.2, 0.25) is 11.8 Å². The van der Waals surface area contributed by atoms with Crippen LogP contribution in [0.1, 0.15) is 42.1 Å². The number of amides is 3. The Hall–Kier alpha value is -6.36. The second kappa shape index (κ2) is 16.0. The number of piperidine rings is 1. The second-order valence-corrected chi connectivity index (χ2v) is 15.1. The number of carbonyl (C=O) groups is 3. The van der Waals surface area contributed by atoms with Crippen molar-refractivity contribution in [1.29, 1.82) is 5.26 Å². The van der Waals surface area contributed by atoms with E-state index in [0.717, 1.165) is 42.0 Å². The number of nitrogens with zero attached hydrogens (tertiary/aromatic N) is 5. The number of rotatable bonds is 10. The molecule has 2 fully saturated rings. The van der Waals surface area contributed by atoms with Crippen molar-refractivity contribution in [1.82, 2.24) is 21.1 Å². The molecule has 3 aromatic carbocycles. The fraction of sp³-hybridized carbons (Fsp3) is 0.295. The van der Waals surface area contributed by atoms with Crippen molar-refractivity contribution in [2.75, 3.05) is 41.3 Å². The zero-order chi connectivity index (χ0) is 39.4. The molecule has 2 saturated heterocycles. The lowest BCUT2D eigenvalue weighted by Crippen LogP contribution is -2.64. The highest BCUT2D eigenvalue weighted by Gasteiger charge is 2.50. The first-order valence-corrected chi connectivity index (χ1v) is 19.3. The predicted octanol–water partition coefficient (Wildman–Crippen LogP) is 4.97. The number of imide groups is 1. The maximum absolute atomic E-state index is 15.3. The van der Waals surface area contributed by atoms with E-state index < -0.39 is 22.9 Å². The van der Waals surface area contributed by atoms with Gasteiger partial charge in [-0.1, -0.05) is 66.8 Å². The molecule has 290 valence electrons. The van der Waals surface area contributed by atoms with Gasteiger partial charge in [-0.2, -0.15) is 5.26 Å². The zero-order valence-electron chi connectivity index (χ0n) is 31.4. The summed E-state index contributed by atoms with van der Waals surface area (Å²) in [5.41, 5.74) is 9.35. The van der Waals surface area contributed by atoms with E-state index in [9.17, 15) is 19.6 Å². The predicted molar refractivity (Wildman–Crippen MR) is 217 cm³/mol. The number of anilines is 3. The second-order valence-electron chi connectivity index (χ2n) is 15.1. The maximum Gasteiger partial charge on any atom is 0.257 e. The maximum atomic E-state index is 15.3. The molecule has 12 nitrogen and oxygen atoms in total. The number of allylic oxidation sites excluding steroid dienone is 4. The standard InChI is InChI=1S/C44H44FN9O3/c45-36-27-34(48-37-12-14-39(55)49-42(37)57)11-13-38(36)53-23-21-52(22-24-53)29-32-8-5-10-35(26-32)54-20-6-19-47-41(54)33-9-4-7-31(25-33)28-44(18-15-40(56)50-51-44)43(30-46)16-2-1-3-17-43/h1-11,13,15-16,18-20,25-27,37,41,48,51H,12,14,17,21-24,28-29H2,(H,50,56)(H,49,55,57). The van der Waals surface area contributed by atoms with Crippen LogP contribution in [0.25, 0.3) is 0 Å². The number of piperazine rings is 1. The summed E-state index contributed by atoms with van der Waals surface area (Å²) in [6, 6.07) is 23.6. The Morgan fingerprint density at radius 2 is 1.79 bits per heavy atom. The first-order chi connectivity index (χ1) is 27.7. The first-order valence-electron chi connectivity index (χ1n) is 19.3. The third-order valence-electron chi connectivity index (χ3n) is 11.4. The van der Waals surface area contributed by atoms with Crippen LogP contribution >= 0.6 is 0 Å². The smallest absolute Gasteiger partial charge is 0.257 e. The van der Waals surface area contributed by atoms with Crippen LogP contribution in [0.4, 0.5) is 21.5 Å². The van der Waals surface area contributed by atoms with Crippen LogP contribution in [0.3, 0.4) is 0 Å². The Morgan fingerprint density at radius 3 is 2.54 bits per heavy atom. The van der Waals surface area contributed by atoms with Crippen molar-refractivity contribution in [3.05, 3.63) is 138 Å². The topological polar surface area (TPSA) is 145 Å². The van der Waals surface area contributed by atoms with Crippen LogP contribution in [0.5, 0.6) is 0 Å². The van der Waals surface area contributed by atoms with Gasteiger partial charge < -0.3 is 15.1 Å². The number of hydrogen-bond donors (Lipinski definition) is 4. The minimum absolute atomic E-state index is 0.252. The Balaban J connectivity index is 0.925. The lowest BCUT2D eigenvalue weighted by molar-refractivity contribution is -0.133. The number of benzene rings is 3. The normalized spacial score (nSPS) is 25.9. The number of nitrogens with one attached hydrogen (secondary N) is 4. The molecule has 3 aromatic rings. The lowest BCUT2D eigenvalue weighted by Gasteiger charge is -2.45. The van der Waals surface area contributed by atoms with Crippen LogP contribution in [0.15, 0.2) is 120 Å². The summed E-state index contributed by atoms with van der Waals surface area (Å²) >= 11 is 0. The van der Waals surface area contributed by atoms with Gasteiger partial charge in [0.05, 0.1) is 17.3 Å². The molecule has 0 aromatic heterocycles. The van der Waals surface area contributed by atoms with Crippen molar-refractivity contribution in [2.45, 2.75) is 50.0 Å². The highest BCUT2D eigenvalue weighted by Crippen LogP contribution is 2.43. The molecular weight excluding hydrogens is 722 g/mol. The Bertz CT molecular complexity index is 2250. The summed E-state index contributed by atoms with van der Waals surface area (Å²) in [7, 11) is 0. The molecule has 4 aliphatic heterocycles. The third-order valence-corrected chi connectivity index (χ3v) is 11.4. The number of hydrogen-bond acceptors (Lipinski definition) is 10. The molecule has 4 heterocycles. The molecule has 5 aliphatic rings. The van der Waals surface area contributed by atoms with E-state index in [1.54, 1.807) is 12.1 Å². The van der Waals surface area contributed by atoms with Crippen molar-refractivity contribution < 1.29 is 18.8 Å². The number of carbonyl (C=O) groups excluding carboxylic acids is 3. The van der Waals surface area contributed by atoms with Gasteiger partial charge in [0.1, 0.15) is 17.3 Å². The van der Waals surface area contributed by atoms with E-state index in [1.165, 1.54) is 12.1 Å². The number of aliphatic imine (C=N–C) groups is 1. The lowest BCUT2D eigenvalue weighted by atomic mass is 9.64. The zero-order valence-corrected chi connectivity index (χ0v) is 31.4. The van der Waals surface area contributed by atoms with Crippen LogP contribution in [-0.2, 0) is 27.3 Å². The van der Waals surface area contributed by atoms with Crippen molar-refractivity contribution in [3.8, 4) is 6.07 Å². The van der Waals surface area contributed by atoms with Gasteiger partial charge in [-0.15, -0.1) is 0 Å². The minimum Gasteiger partial charge on any atom is -0.374 e. The fourth-order valence-electron chi connectivity index (χ4n) is 8.31. The summed E-state index contributed by atoms with van der Waals surface area (Å²) in [6.07, 6.45) is 18.1. The van der Waals surface area contributed by atoms with Gasteiger partial charge in [-0.25, -0.2) is 9.82 Å². The fourth-order valence-corrected chi connectivity index (χ4v) is 8.31. The SMILES string of the molecule is N#CC1(C2(Cc3cccc(C4N=CC=CN4c4cccc(CN5CCN(c6ccc(NC7CCC(=O)NC7=O)cc6F)CC5)c4)c3)C=CC(=O)NN2)C=CC=CC1. The number of hydrazine groups is 1. The quantitative estimate of drug-likeness (QED) is 0.211. The van der Waals surface area contributed by atoms with Gasteiger partial charge in [-0.05, 0) is 72.4 Å².